The molecule has 1 heterocycles. The summed E-state index contributed by atoms with van der Waals surface area (Å²) in [4.78, 5) is 0. The first-order chi connectivity index (χ1) is 4.34. The molecule has 3 heteroatoms. The molecule has 1 rings (SSSR count). The predicted molar refractivity (Wildman–Crippen MR) is 31.5 cm³/mol. The Balaban J connectivity index is 2.33. The molecule has 0 unspecified atom stereocenters. The van der Waals surface area contributed by atoms with E-state index < -0.39 is 6.17 Å². The van der Waals surface area contributed by atoms with Crippen molar-refractivity contribution >= 4 is 0 Å². The Morgan fingerprint density at radius 2 is 2.44 bits per heavy atom. The van der Waals surface area contributed by atoms with E-state index in [0.29, 0.717) is 19.5 Å². The van der Waals surface area contributed by atoms with Crippen molar-refractivity contribution in [3.8, 4) is 6.07 Å². The van der Waals surface area contributed by atoms with E-state index in [1.807, 2.05) is 6.07 Å². The monoisotopic (exact) mass is 128 g/mol. The van der Waals surface area contributed by atoms with Gasteiger partial charge in [-0.05, 0) is 0 Å². The Bertz CT molecular complexity index is 130. The smallest absolute Gasteiger partial charge is 0.117 e. The molecule has 0 aromatic carbocycles. The normalized spacial score (nSPS) is 34.2. The van der Waals surface area contributed by atoms with Gasteiger partial charge in [0, 0.05) is 25.4 Å². The van der Waals surface area contributed by atoms with Gasteiger partial charge >= 0.3 is 0 Å². The van der Waals surface area contributed by atoms with E-state index in [1.165, 1.54) is 0 Å². The molecule has 0 amide bonds. The maximum Gasteiger partial charge on any atom is 0.117 e. The average molecular weight is 128 g/mol. The van der Waals surface area contributed by atoms with E-state index in [0.717, 1.165) is 0 Å². The van der Waals surface area contributed by atoms with Crippen molar-refractivity contribution in [2.24, 2.45) is 5.92 Å². The van der Waals surface area contributed by atoms with Gasteiger partial charge in [-0.2, -0.15) is 5.26 Å². The molecule has 9 heavy (non-hydrogen) atoms. The number of hydrogen-bond donors (Lipinski definition) is 1. The van der Waals surface area contributed by atoms with Crippen LogP contribution in [-0.4, -0.2) is 19.3 Å². The van der Waals surface area contributed by atoms with Crippen molar-refractivity contribution in [3.05, 3.63) is 0 Å². The van der Waals surface area contributed by atoms with Crippen molar-refractivity contribution in [3.63, 3.8) is 0 Å². The van der Waals surface area contributed by atoms with Crippen LogP contribution in [0.4, 0.5) is 4.39 Å². The van der Waals surface area contributed by atoms with Crippen LogP contribution in [0.2, 0.25) is 0 Å². The Morgan fingerprint density at radius 3 is 2.89 bits per heavy atom. The van der Waals surface area contributed by atoms with E-state index >= 15 is 0 Å². The highest BCUT2D eigenvalue weighted by Gasteiger charge is 2.25. The zero-order valence-corrected chi connectivity index (χ0v) is 5.10. The fourth-order valence-electron chi connectivity index (χ4n) is 1.02. The third kappa shape index (κ3) is 1.39. The van der Waals surface area contributed by atoms with Gasteiger partial charge in [0.15, 0.2) is 0 Å². The van der Waals surface area contributed by atoms with Crippen LogP contribution < -0.4 is 5.32 Å². The number of halogens is 1. The molecule has 2 atom stereocenters. The van der Waals surface area contributed by atoms with Gasteiger partial charge in [0.1, 0.15) is 6.17 Å². The van der Waals surface area contributed by atoms with Gasteiger partial charge in [0.05, 0.1) is 6.07 Å². The van der Waals surface area contributed by atoms with Gasteiger partial charge < -0.3 is 5.32 Å². The number of rotatable bonds is 1. The topological polar surface area (TPSA) is 35.8 Å². The lowest BCUT2D eigenvalue weighted by molar-refractivity contribution is 0.286. The zero-order valence-electron chi connectivity index (χ0n) is 5.10. The minimum atomic E-state index is -0.801. The minimum absolute atomic E-state index is 0.0602. The standard InChI is InChI=1S/C6H9FN2/c7-6-4-9-3-5(6)1-2-8/h5-6,9H,1,3-4H2/t5-,6+/m0/s1. The van der Waals surface area contributed by atoms with Gasteiger partial charge in [0.2, 0.25) is 0 Å². The first kappa shape index (κ1) is 6.50. The van der Waals surface area contributed by atoms with Crippen molar-refractivity contribution in [2.75, 3.05) is 13.1 Å². The number of hydrogen-bond acceptors (Lipinski definition) is 2. The molecular formula is C6H9FN2. The van der Waals surface area contributed by atoms with Crippen molar-refractivity contribution in [2.45, 2.75) is 12.6 Å². The Morgan fingerprint density at radius 1 is 1.67 bits per heavy atom. The molecule has 0 radical (unpaired) electrons. The molecule has 2 nitrogen and oxygen atoms in total. The molecule has 1 saturated heterocycles. The lowest BCUT2D eigenvalue weighted by Gasteiger charge is -2.03. The van der Waals surface area contributed by atoms with Crippen LogP contribution in [0.1, 0.15) is 6.42 Å². The summed E-state index contributed by atoms with van der Waals surface area (Å²) in [5.41, 5.74) is 0. The van der Waals surface area contributed by atoms with Gasteiger partial charge in [-0.15, -0.1) is 0 Å². The van der Waals surface area contributed by atoms with Crippen molar-refractivity contribution < 1.29 is 4.39 Å². The lowest BCUT2D eigenvalue weighted by atomic mass is 10.1. The van der Waals surface area contributed by atoms with Gasteiger partial charge in [0.25, 0.3) is 0 Å². The van der Waals surface area contributed by atoms with E-state index in [4.69, 9.17) is 5.26 Å². The third-order valence-corrected chi connectivity index (χ3v) is 1.61. The number of nitrogens with zero attached hydrogens (tertiary/aromatic N) is 1. The number of nitrogens with one attached hydrogen (secondary N) is 1. The van der Waals surface area contributed by atoms with Gasteiger partial charge in [-0.1, -0.05) is 0 Å². The summed E-state index contributed by atoms with van der Waals surface area (Å²) in [7, 11) is 0. The first-order valence-corrected chi connectivity index (χ1v) is 3.06. The molecule has 0 saturated carbocycles. The maximum atomic E-state index is 12.6. The second-order valence-corrected chi connectivity index (χ2v) is 2.30. The van der Waals surface area contributed by atoms with Crippen LogP contribution in [0.5, 0.6) is 0 Å². The third-order valence-electron chi connectivity index (χ3n) is 1.61. The molecule has 0 aromatic heterocycles. The molecule has 0 aliphatic carbocycles. The molecular weight excluding hydrogens is 119 g/mol. The Kier molecular flexibility index (Phi) is 2.01. The summed E-state index contributed by atoms with van der Waals surface area (Å²) >= 11 is 0. The molecule has 50 valence electrons. The van der Waals surface area contributed by atoms with Crippen LogP contribution in [0, 0.1) is 17.2 Å². The minimum Gasteiger partial charge on any atom is -0.313 e. The van der Waals surface area contributed by atoms with Crippen LogP contribution >= 0.6 is 0 Å². The fourth-order valence-corrected chi connectivity index (χ4v) is 1.02. The number of alkyl halides is 1. The van der Waals surface area contributed by atoms with Crippen LogP contribution in [0.3, 0.4) is 0 Å². The largest absolute Gasteiger partial charge is 0.313 e. The van der Waals surface area contributed by atoms with Crippen LogP contribution in [0.15, 0.2) is 0 Å². The van der Waals surface area contributed by atoms with Crippen LogP contribution in [0.25, 0.3) is 0 Å². The molecule has 1 aliphatic heterocycles. The lowest BCUT2D eigenvalue weighted by Crippen LogP contribution is -2.11. The molecule has 0 bridgehead atoms. The predicted octanol–water partition coefficient (Wildman–Crippen LogP) is 0.458. The average Bonchev–Trinajstić information content (AvgIpc) is 2.18. The van der Waals surface area contributed by atoms with Gasteiger partial charge in [-0.3, -0.25) is 0 Å². The number of nitriles is 1. The van der Waals surface area contributed by atoms with E-state index in [2.05, 4.69) is 5.32 Å². The summed E-state index contributed by atoms with van der Waals surface area (Å²) in [6.45, 7) is 1.08. The molecule has 1 N–H and O–H groups in total. The Hall–Kier alpha value is -0.620. The first-order valence-electron chi connectivity index (χ1n) is 3.06. The molecule has 0 spiro atoms. The summed E-state index contributed by atoms with van der Waals surface area (Å²) in [5, 5.41) is 11.1. The highest BCUT2D eigenvalue weighted by Crippen LogP contribution is 2.15. The quantitative estimate of drug-likeness (QED) is 0.556. The van der Waals surface area contributed by atoms with Crippen molar-refractivity contribution in [1.82, 2.24) is 5.32 Å². The van der Waals surface area contributed by atoms with Gasteiger partial charge in [-0.25, -0.2) is 4.39 Å². The zero-order chi connectivity index (χ0) is 6.69. The molecule has 1 fully saturated rings. The van der Waals surface area contributed by atoms with E-state index in [1.54, 1.807) is 0 Å². The van der Waals surface area contributed by atoms with E-state index in [9.17, 15) is 4.39 Å². The van der Waals surface area contributed by atoms with E-state index in [-0.39, 0.29) is 5.92 Å². The fraction of sp³-hybridized carbons (Fsp3) is 0.833. The molecule has 1 aliphatic rings. The molecule has 0 aromatic rings. The second kappa shape index (κ2) is 2.79. The summed E-state index contributed by atoms with van der Waals surface area (Å²) < 4.78 is 12.6. The maximum absolute atomic E-state index is 12.6. The summed E-state index contributed by atoms with van der Waals surface area (Å²) in [6.07, 6.45) is -0.460. The SMILES string of the molecule is N#CC[C@H]1CNC[C@H]1F. The Labute approximate surface area is 53.7 Å². The summed E-state index contributed by atoms with van der Waals surface area (Å²) in [6, 6.07) is 1.96. The van der Waals surface area contributed by atoms with Crippen LogP contribution in [-0.2, 0) is 0 Å². The highest BCUT2D eigenvalue weighted by molar-refractivity contribution is 4.87. The summed E-state index contributed by atoms with van der Waals surface area (Å²) in [5.74, 6) is -0.0602. The second-order valence-electron chi connectivity index (χ2n) is 2.30. The highest BCUT2D eigenvalue weighted by atomic mass is 19.1. The van der Waals surface area contributed by atoms with Crippen molar-refractivity contribution in [1.29, 1.82) is 5.26 Å².